The van der Waals surface area contributed by atoms with E-state index in [1.807, 2.05) is 44.2 Å². The Morgan fingerprint density at radius 3 is 2.57 bits per heavy atom. The minimum absolute atomic E-state index is 0.0134. The second-order valence-electron chi connectivity index (χ2n) is 10.9. The molecule has 2 atom stereocenters. The number of carbonyl (C=O) groups excluding carboxylic acids is 1. The fourth-order valence-corrected chi connectivity index (χ4v) is 4.89. The minimum Gasteiger partial charge on any atom is -0.489 e. The number of nitrogens with one attached hydrogen (secondary N) is 1. The van der Waals surface area contributed by atoms with Gasteiger partial charge in [0.05, 0.1) is 6.20 Å². The highest BCUT2D eigenvalue weighted by Gasteiger charge is 2.39. The van der Waals surface area contributed by atoms with Gasteiger partial charge in [-0.3, -0.25) is 4.79 Å². The minimum atomic E-state index is -0.866. The zero-order chi connectivity index (χ0) is 25.3. The lowest BCUT2D eigenvalue weighted by Crippen LogP contribution is -2.53. The molecule has 0 aliphatic carbocycles. The van der Waals surface area contributed by atoms with E-state index in [2.05, 4.69) is 36.0 Å². The zero-order valence-electron chi connectivity index (χ0n) is 21.2. The maximum Gasteiger partial charge on any atom is 0.407 e. The van der Waals surface area contributed by atoms with Crippen LogP contribution in [-0.4, -0.2) is 52.2 Å². The van der Waals surface area contributed by atoms with Crippen molar-refractivity contribution in [1.29, 1.82) is 0 Å². The fourth-order valence-electron chi connectivity index (χ4n) is 4.89. The van der Waals surface area contributed by atoms with Gasteiger partial charge in [-0.25, -0.2) is 9.78 Å². The van der Waals surface area contributed by atoms with Gasteiger partial charge in [0.25, 0.3) is 0 Å². The molecule has 2 unspecified atom stereocenters. The number of nitrogens with zero attached hydrogens (tertiary/aromatic N) is 3. The van der Waals surface area contributed by atoms with Crippen LogP contribution in [0, 0.1) is 11.3 Å². The maximum atomic E-state index is 12.0. The van der Waals surface area contributed by atoms with Gasteiger partial charge in [-0.2, -0.15) is 0 Å². The number of likely N-dealkylation sites (tertiary alicyclic amines) is 1. The molecule has 0 radical (unpaired) electrons. The van der Waals surface area contributed by atoms with Crippen molar-refractivity contribution in [2.75, 3.05) is 23.3 Å². The smallest absolute Gasteiger partial charge is 0.407 e. The van der Waals surface area contributed by atoms with Crippen LogP contribution in [0.3, 0.4) is 0 Å². The first-order valence-corrected chi connectivity index (χ1v) is 12.4. The number of rotatable bonds is 5. The van der Waals surface area contributed by atoms with E-state index in [-0.39, 0.29) is 29.4 Å². The lowest BCUT2D eigenvalue weighted by atomic mass is 9.80. The molecule has 1 saturated heterocycles. The summed E-state index contributed by atoms with van der Waals surface area (Å²) in [7, 11) is 0. The molecule has 2 aliphatic heterocycles. The molecule has 0 bridgehead atoms. The van der Waals surface area contributed by atoms with Gasteiger partial charge in [0.15, 0.2) is 0 Å². The predicted molar refractivity (Wildman–Crippen MR) is 136 cm³/mol. The number of ether oxygens (including phenoxy) is 1. The lowest BCUT2D eigenvalue weighted by Gasteiger charge is -2.44. The van der Waals surface area contributed by atoms with Crippen LogP contribution in [-0.2, 0) is 11.2 Å². The van der Waals surface area contributed by atoms with Crippen molar-refractivity contribution < 1.29 is 19.4 Å². The molecule has 2 amide bonds. The summed E-state index contributed by atoms with van der Waals surface area (Å²) in [5, 5.41) is 12.5. The Morgan fingerprint density at radius 1 is 1.17 bits per heavy atom. The number of carboxylic acid groups (broad SMARTS) is 1. The lowest BCUT2D eigenvalue weighted by molar-refractivity contribution is -0.118. The third-order valence-corrected chi connectivity index (χ3v) is 6.87. The first kappa shape index (κ1) is 24.8. The first-order valence-electron chi connectivity index (χ1n) is 12.4. The van der Waals surface area contributed by atoms with Crippen LogP contribution in [0.2, 0.25) is 0 Å². The zero-order valence-corrected chi connectivity index (χ0v) is 21.2. The van der Waals surface area contributed by atoms with E-state index < -0.39 is 6.09 Å². The molecule has 2 aromatic rings. The Kier molecular flexibility index (Phi) is 6.92. The number of hydrogen-bond donors (Lipinski definition) is 2. The Morgan fingerprint density at radius 2 is 1.94 bits per heavy atom. The van der Waals surface area contributed by atoms with Gasteiger partial charge in [-0.05, 0) is 47.7 Å². The average Bonchev–Trinajstić information content (AvgIpc) is 3.22. The van der Waals surface area contributed by atoms with E-state index in [9.17, 15) is 14.7 Å². The highest BCUT2D eigenvalue weighted by atomic mass is 16.5. The van der Waals surface area contributed by atoms with Crippen LogP contribution in [0.5, 0.6) is 5.75 Å². The molecule has 8 nitrogen and oxygen atoms in total. The van der Waals surface area contributed by atoms with E-state index in [1.165, 1.54) is 5.56 Å². The standard InChI is InChI=1S/C27H36N4O4/c1-17(2)25(32)29-19-6-8-22-18(14-19)10-12-30(22)24-9-7-21(16-28-24)35-20-11-13-31(26(33)34)23(15-20)27(3,4)5/h6-9,14,16-17,20,23H,10-13,15H2,1-5H3,(H,29,32)(H,33,34). The molecule has 188 valence electrons. The Bertz CT molecular complexity index is 1080. The summed E-state index contributed by atoms with van der Waals surface area (Å²) >= 11 is 0. The fraction of sp³-hybridized carbons (Fsp3) is 0.519. The summed E-state index contributed by atoms with van der Waals surface area (Å²) < 4.78 is 6.23. The number of carbonyl (C=O) groups is 2. The van der Waals surface area contributed by atoms with Gasteiger partial charge in [-0.1, -0.05) is 34.6 Å². The van der Waals surface area contributed by atoms with Gasteiger partial charge < -0.3 is 25.0 Å². The number of hydrogen-bond acceptors (Lipinski definition) is 5. The van der Waals surface area contributed by atoms with Crippen molar-refractivity contribution in [2.45, 2.75) is 66.0 Å². The molecule has 1 fully saturated rings. The van der Waals surface area contributed by atoms with E-state index >= 15 is 0 Å². The molecule has 4 rings (SSSR count). The summed E-state index contributed by atoms with van der Waals surface area (Å²) in [4.78, 5) is 32.1. The molecule has 2 aliphatic rings. The topological polar surface area (TPSA) is 95.0 Å². The van der Waals surface area contributed by atoms with Crippen LogP contribution < -0.4 is 15.0 Å². The molecular weight excluding hydrogens is 444 g/mol. The molecule has 1 aromatic heterocycles. The van der Waals surface area contributed by atoms with Crippen LogP contribution in [0.25, 0.3) is 0 Å². The Hall–Kier alpha value is -3.29. The summed E-state index contributed by atoms with van der Waals surface area (Å²) in [6, 6.07) is 9.82. The highest BCUT2D eigenvalue weighted by molar-refractivity contribution is 5.92. The quantitative estimate of drug-likeness (QED) is 0.603. The van der Waals surface area contributed by atoms with E-state index in [4.69, 9.17) is 4.74 Å². The number of pyridine rings is 1. The third kappa shape index (κ3) is 5.52. The summed E-state index contributed by atoms with van der Waals surface area (Å²) in [5.74, 6) is 1.50. The molecule has 0 saturated carbocycles. The predicted octanol–water partition coefficient (Wildman–Crippen LogP) is 5.31. The van der Waals surface area contributed by atoms with Crippen molar-refractivity contribution in [3.05, 3.63) is 42.1 Å². The number of piperidine rings is 1. The van der Waals surface area contributed by atoms with Crippen LogP contribution in [0.1, 0.15) is 53.0 Å². The molecule has 3 heterocycles. The van der Waals surface area contributed by atoms with Crippen molar-refractivity contribution in [2.24, 2.45) is 11.3 Å². The van der Waals surface area contributed by atoms with E-state index in [0.29, 0.717) is 25.1 Å². The summed E-state index contributed by atoms with van der Waals surface area (Å²) in [5.41, 5.74) is 2.95. The summed E-state index contributed by atoms with van der Waals surface area (Å²) in [6.07, 6.45) is 3.05. The number of aromatic nitrogens is 1. The largest absolute Gasteiger partial charge is 0.489 e. The van der Waals surface area contributed by atoms with Crippen molar-refractivity contribution >= 4 is 29.2 Å². The second-order valence-corrected chi connectivity index (χ2v) is 10.9. The molecule has 35 heavy (non-hydrogen) atoms. The van der Waals surface area contributed by atoms with Crippen LogP contribution in [0.4, 0.5) is 22.0 Å². The molecule has 8 heteroatoms. The first-order chi connectivity index (χ1) is 16.5. The van der Waals surface area contributed by atoms with Gasteiger partial charge in [0.1, 0.15) is 17.7 Å². The van der Waals surface area contributed by atoms with Gasteiger partial charge in [0.2, 0.25) is 5.91 Å². The molecular formula is C27H36N4O4. The number of fused-ring (bicyclic) bond motifs is 1. The number of benzene rings is 1. The molecule has 1 aromatic carbocycles. The van der Waals surface area contributed by atoms with Gasteiger partial charge in [0, 0.05) is 49.3 Å². The van der Waals surface area contributed by atoms with Crippen molar-refractivity contribution in [3.8, 4) is 5.75 Å². The van der Waals surface area contributed by atoms with Gasteiger partial charge >= 0.3 is 6.09 Å². The average molecular weight is 481 g/mol. The Labute approximate surface area is 207 Å². The number of anilines is 3. The highest BCUT2D eigenvalue weighted by Crippen LogP contribution is 2.37. The van der Waals surface area contributed by atoms with Crippen molar-refractivity contribution in [3.63, 3.8) is 0 Å². The van der Waals surface area contributed by atoms with Gasteiger partial charge in [-0.15, -0.1) is 0 Å². The monoisotopic (exact) mass is 480 g/mol. The van der Waals surface area contributed by atoms with E-state index in [0.717, 1.165) is 30.2 Å². The second kappa shape index (κ2) is 9.76. The maximum absolute atomic E-state index is 12.0. The third-order valence-electron chi connectivity index (χ3n) is 6.87. The van der Waals surface area contributed by atoms with E-state index in [1.54, 1.807) is 11.1 Å². The van der Waals surface area contributed by atoms with Crippen LogP contribution in [0.15, 0.2) is 36.5 Å². The number of amides is 2. The van der Waals surface area contributed by atoms with Crippen molar-refractivity contribution in [1.82, 2.24) is 9.88 Å². The summed E-state index contributed by atoms with van der Waals surface area (Å²) in [6.45, 7) is 11.3. The molecule has 0 spiro atoms. The Balaban J connectivity index is 1.41. The van der Waals surface area contributed by atoms with Crippen LogP contribution >= 0.6 is 0 Å². The molecule has 2 N–H and O–H groups in total. The normalized spacial score (nSPS) is 20.1. The SMILES string of the molecule is CC(C)C(=O)Nc1ccc2c(c1)CCN2c1ccc(OC2CCN(C(=O)O)C(C(C)(C)C)C2)cn1.